The molecule has 2 aromatic rings. The third kappa shape index (κ3) is 4.92. The van der Waals surface area contributed by atoms with Crippen molar-refractivity contribution in [1.82, 2.24) is 10.2 Å². The molecule has 2 saturated heterocycles. The van der Waals surface area contributed by atoms with E-state index in [4.69, 9.17) is 4.74 Å². The molecule has 2 aliphatic heterocycles. The summed E-state index contributed by atoms with van der Waals surface area (Å²) in [5.41, 5.74) is 3.61. The molecule has 1 spiro atoms. The zero-order valence-electron chi connectivity index (χ0n) is 18.6. The molecule has 2 aromatic carbocycles. The SMILES string of the molecule is CC(=O)c1ccc(CN2CCC3(CC2)CC(N[C@@H]2C[C@H]2c2ccccc2)CCO3)cc1. The lowest BCUT2D eigenvalue weighted by Gasteiger charge is -2.46. The Hall–Kier alpha value is -2.01. The van der Waals surface area contributed by atoms with E-state index < -0.39 is 0 Å². The van der Waals surface area contributed by atoms with Crippen molar-refractivity contribution in [1.29, 1.82) is 0 Å². The van der Waals surface area contributed by atoms with Crippen LogP contribution in [0.2, 0.25) is 0 Å². The van der Waals surface area contributed by atoms with Crippen LogP contribution in [0, 0.1) is 0 Å². The van der Waals surface area contributed by atoms with Crippen LogP contribution >= 0.6 is 0 Å². The lowest BCUT2D eigenvalue weighted by atomic mass is 9.82. The predicted octanol–water partition coefficient (Wildman–Crippen LogP) is 4.55. The Morgan fingerprint density at radius 3 is 2.55 bits per heavy atom. The molecular weight excluding hydrogens is 384 g/mol. The van der Waals surface area contributed by atoms with Gasteiger partial charge in [-0.05, 0) is 50.2 Å². The van der Waals surface area contributed by atoms with E-state index in [-0.39, 0.29) is 11.4 Å². The second-order valence-electron chi connectivity index (χ2n) is 9.78. The molecule has 0 aromatic heterocycles. The molecule has 1 unspecified atom stereocenters. The molecule has 1 aliphatic carbocycles. The van der Waals surface area contributed by atoms with E-state index in [0.29, 0.717) is 18.0 Å². The summed E-state index contributed by atoms with van der Waals surface area (Å²) < 4.78 is 6.39. The van der Waals surface area contributed by atoms with Crippen LogP contribution in [0.5, 0.6) is 0 Å². The predicted molar refractivity (Wildman–Crippen MR) is 123 cm³/mol. The standard InChI is InChI=1S/C27H34N2O2/c1-20(30)22-9-7-21(8-10-22)19-29-14-12-27(13-15-29)18-24(11-16-31-27)28-26-17-25(26)23-5-3-2-4-6-23/h2-10,24-26,28H,11-19H2,1H3/t24?,25-,26+/m0/s1. The molecule has 31 heavy (non-hydrogen) atoms. The molecular formula is C27H34N2O2. The summed E-state index contributed by atoms with van der Waals surface area (Å²) in [7, 11) is 0. The van der Waals surface area contributed by atoms with Crippen LogP contribution in [0.4, 0.5) is 0 Å². The molecule has 0 amide bonds. The van der Waals surface area contributed by atoms with Gasteiger partial charge in [-0.15, -0.1) is 0 Å². The highest BCUT2D eigenvalue weighted by molar-refractivity contribution is 5.93. The van der Waals surface area contributed by atoms with Crippen molar-refractivity contribution < 1.29 is 9.53 Å². The summed E-state index contributed by atoms with van der Waals surface area (Å²) in [6, 6.07) is 20.2. The monoisotopic (exact) mass is 418 g/mol. The molecule has 4 nitrogen and oxygen atoms in total. The quantitative estimate of drug-likeness (QED) is 0.699. The largest absolute Gasteiger partial charge is 0.375 e. The Morgan fingerprint density at radius 2 is 1.84 bits per heavy atom. The maximum absolute atomic E-state index is 11.5. The minimum atomic E-state index is 0.0576. The Kier molecular flexibility index (Phi) is 5.96. The van der Waals surface area contributed by atoms with E-state index in [9.17, 15) is 4.79 Å². The van der Waals surface area contributed by atoms with Crippen molar-refractivity contribution in [3.63, 3.8) is 0 Å². The summed E-state index contributed by atoms with van der Waals surface area (Å²) in [6.45, 7) is 5.62. The average molecular weight is 419 g/mol. The number of Topliss-reactive ketones (excluding diaryl/α,β-unsaturated/α-hetero) is 1. The number of rotatable bonds is 6. The molecule has 2 heterocycles. The first-order valence-electron chi connectivity index (χ1n) is 11.9. The lowest BCUT2D eigenvalue weighted by molar-refractivity contribution is -0.120. The maximum atomic E-state index is 11.5. The van der Waals surface area contributed by atoms with Gasteiger partial charge in [-0.1, -0.05) is 54.6 Å². The molecule has 3 fully saturated rings. The number of hydrogen-bond acceptors (Lipinski definition) is 4. The van der Waals surface area contributed by atoms with Crippen LogP contribution in [0.25, 0.3) is 0 Å². The zero-order chi connectivity index (χ0) is 21.3. The van der Waals surface area contributed by atoms with Gasteiger partial charge in [0.15, 0.2) is 5.78 Å². The number of ether oxygens (including phenoxy) is 1. The summed E-state index contributed by atoms with van der Waals surface area (Å²) >= 11 is 0. The molecule has 1 N–H and O–H groups in total. The van der Waals surface area contributed by atoms with Crippen LogP contribution in [-0.4, -0.2) is 48.1 Å². The molecule has 0 bridgehead atoms. The van der Waals surface area contributed by atoms with Crippen molar-refractivity contribution >= 4 is 5.78 Å². The van der Waals surface area contributed by atoms with Crippen LogP contribution in [0.15, 0.2) is 54.6 Å². The number of ketones is 1. The highest BCUT2D eigenvalue weighted by Gasteiger charge is 2.44. The van der Waals surface area contributed by atoms with E-state index in [1.54, 1.807) is 6.92 Å². The summed E-state index contributed by atoms with van der Waals surface area (Å²) in [5.74, 6) is 0.821. The van der Waals surface area contributed by atoms with E-state index in [1.165, 1.54) is 17.5 Å². The lowest BCUT2D eigenvalue weighted by Crippen LogP contribution is -2.53. The number of nitrogens with one attached hydrogen (secondary N) is 1. The number of carbonyl (C=O) groups is 1. The number of benzene rings is 2. The van der Waals surface area contributed by atoms with Gasteiger partial charge >= 0.3 is 0 Å². The van der Waals surface area contributed by atoms with Crippen molar-refractivity contribution in [2.75, 3.05) is 19.7 Å². The Morgan fingerprint density at radius 1 is 1.10 bits per heavy atom. The fourth-order valence-corrected chi connectivity index (χ4v) is 5.49. The highest BCUT2D eigenvalue weighted by atomic mass is 16.5. The fraction of sp³-hybridized carbons (Fsp3) is 0.519. The van der Waals surface area contributed by atoms with Crippen LogP contribution < -0.4 is 5.32 Å². The Bertz CT molecular complexity index is 887. The van der Waals surface area contributed by atoms with Gasteiger partial charge in [0.05, 0.1) is 5.60 Å². The normalized spacial score (nSPS) is 27.8. The van der Waals surface area contributed by atoms with Crippen molar-refractivity contribution in [2.45, 2.75) is 69.2 Å². The van der Waals surface area contributed by atoms with Gasteiger partial charge in [0.1, 0.15) is 0 Å². The topological polar surface area (TPSA) is 41.6 Å². The summed E-state index contributed by atoms with van der Waals surface area (Å²) in [5, 5.41) is 3.96. The third-order valence-corrected chi connectivity index (χ3v) is 7.49. The van der Waals surface area contributed by atoms with Gasteiger partial charge in [0.2, 0.25) is 0 Å². The summed E-state index contributed by atoms with van der Waals surface area (Å²) in [4.78, 5) is 14.0. The first-order chi connectivity index (χ1) is 15.1. The van der Waals surface area contributed by atoms with Crippen LogP contribution in [-0.2, 0) is 11.3 Å². The molecule has 1 saturated carbocycles. The molecule has 5 rings (SSSR count). The van der Waals surface area contributed by atoms with Gasteiger partial charge in [-0.2, -0.15) is 0 Å². The minimum absolute atomic E-state index is 0.0576. The molecule has 164 valence electrons. The van der Waals surface area contributed by atoms with Gasteiger partial charge in [0.25, 0.3) is 0 Å². The highest BCUT2D eigenvalue weighted by Crippen LogP contribution is 2.43. The number of carbonyl (C=O) groups excluding carboxylic acids is 1. The first kappa shape index (κ1) is 20.9. The maximum Gasteiger partial charge on any atom is 0.159 e. The van der Waals surface area contributed by atoms with Gasteiger partial charge < -0.3 is 10.1 Å². The second kappa shape index (κ2) is 8.85. The Labute approximate surface area is 186 Å². The van der Waals surface area contributed by atoms with Crippen LogP contribution in [0.3, 0.4) is 0 Å². The fourth-order valence-electron chi connectivity index (χ4n) is 5.49. The van der Waals surface area contributed by atoms with Gasteiger partial charge in [-0.25, -0.2) is 0 Å². The van der Waals surface area contributed by atoms with Gasteiger partial charge in [-0.3, -0.25) is 9.69 Å². The van der Waals surface area contributed by atoms with E-state index in [2.05, 4.69) is 52.7 Å². The minimum Gasteiger partial charge on any atom is -0.375 e. The molecule has 3 aliphatic rings. The second-order valence-corrected chi connectivity index (χ2v) is 9.78. The molecule has 4 heteroatoms. The summed E-state index contributed by atoms with van der Waals surface area (Å²) in [6.07, 6.45) is 5.77. The van der Waals surface area contributed by atoms with Gasteiger partial charge in [0, 0.05) is 49.8 Å². The smallest absolute Gasteiger partial charge is 0.159 e. The van der Waals surface area contributed by atoms with E-state index >= 15 is 0 Å². The van der Waals surface area contributed by atoms with Crippen molar-refractivity contribution in [3.05, 3.63) is 71.3 Å². The molecule has 0 radical (unpaired) electrons. The van der Waals surface area contributed by atoms with Crippen LogP contribution in [0.1, 0.15) is 66.4 Å². The third-order valence-electron chi connectivity index (χ3n) is 7.49. The molecule has 3 atom stereocenters. The number of nitrogens with zero attached hydrogens (tertiary/aromatic N) is 1. The Balaban J connectivity index is 1.11. The van der Waals surface area contributed by atoms with Crippen molar-refractivity contribution in [3.8, 4) is 0 Å². The average Bonchev–Trinajstić information content (AvgIpc) is 3.56. The van der Waals surface area contributed by atoms with E-state index in [0.717, 1.165) is 57.5 Å². The number of piperidine rings is 1. The first-order valence-corrected chi connectivity index (χ1v) is 11.9. The van der Waals surface area contributed by atoms with E-state index in [1.807, 2.05) is 12.1 Å². The van der Waals surface area contributed by atoms with Crippen molar-refractivity contribution in [2.24, 2.45) is 0 Å². The zero-order valence-corrected chi connectivity index (χ0v) is 18.6. The number of likely N-dealkylation sites (tertiary alicyclic amines) is 1. The number of hydrogen-bond donors (Lipinski definition) is 1.